The first-order valence-corrected chi connectivity index (χ1v) is 5.67. The molecule has 0 aromatic carbocycles. The quantitative estimate of drug-likeness (QED) is 0.588. The molecule has 0 aliphatic rings. The van der Waals surface area contributed by atoms with E-state index in [0.717, 1.165) is 5.56 Å². The standard InChI is InChI=1S/C12H18ClNO2/c1-12(2,3)16-7-6-15-9-10-4-5-14-11(13)8-10/h4-5,8H,6-7,9H2,1-3H3. The lowest BCUT2D eigenvalue weighted by molar-refractivity contribution is -0.0376. The van der Waals surface area contributed by atoms with E-state index in [9.17, 15) is 0 Å². The number of hydrogen-bond acceptors (Lipinski definition) is 3. The lowest BCUT2D eigenvalue weighted by Crippen LogP contribution is -2.21. The molecule has 0 N–H and O–H groups in total. The molecule has 1 heterocycles. The van der Waals surface area contributed by atoms with E-state index in [-0.39, 0.29) is 5.60 Å². The zero-order chi connectivity index (χ0) is 12.0. The number of rotatable bonds is 5. The van der Waals surface area contributed by atoms with E-state index in [4.69, 9.17) is 21.1 Å². The summed E-state index contributed by atoms with van der Waals surface area (Å²) in [6.45, 7) is 7.79. The van der Waals surface area contributed by atoms with Crippen molar-refractivity contribution < 1.29 is 9.47 Å². The fraction of sp³-hybridized carbons (Fsp3) is 0.583. The Morgan fingerprint density at radius 1 is 1.31 bits per heavy atom. The van der Waals surface area contributed by atoms with Gasteiger partial charge in [0.15, 0.2) is 0 Å². The highest BCUT2D eigenvalue weighted by atomic mass is 35.5. The maximum Gasteiger partial charge on any atom is 0.129 e. The lowest BCUT2D eigenvalue weighted by atomic mass is 10.2. The Hall–Kier alpha value is -0.640. The van der Waals surface area contributed by atoms with Crippen LogP contribution in [0.1, 0.15) is 26.3 Å². The van der Waals surface area contributed by atoms with Gasteiger partial charge in [0, 0.05) is 6.20 Å². The molecule has 1 rings (SSSR count). The minimum atomic E-state index is -0.108. The highest BCUT2D eigenvalue weighted by Crippen LogP contribution is 2.09. The van der Waals surface area contributed by atoms with Crippen LogP contribution in [0.3, 0.4) is 0 Å². The van der Waals surface area contributed by atoms with E-state index in [1.807, 2.05) is 26.8 Å². The summed E-state index contributed by atoms with van der Waals surface area (Å²) in [5, 5.41) is 0.493. The van der Waals surface area contributed by atoms with Crippen LogP contribution in [0.4, 0.5) is 0 Å². The SMILES string of the molecule is CC(C)(C)OCCOCc1ccnc(Cl)c1. The van der Waals surface area contributed by atoms with Gasteiger partial charge in [0.25, 0.3) is 0 Å². The number of hydrogen-bond donors (Lipinski definition) is 0. The minimum Gasteiger partial charge on any atom is -0.374 e. The van der Waals surface area contributed by atoms with Crippen molar-refractivity contribution in [2.24, 2.45) is 0 Å². The van der Waals surface area contributed by atoms with Gasteiger partial charge in [-0.15, -0.1) is 0 Å². The van der Waals surface area contributed by atoms with Gasteiger partial charge in [-0.3, -0.25) is 0 Å². The van der Waals surface area contributed by atoms with E-state index in [0.29, 0.717) is 25.0 Å². The molecule has 0 unspecified atom stereocenters. The van der Waals surface area contributed by atoms with E-state index in [1.54, 1.807) is 12.3 Å². The normalized spacial score (nSPS) is 11.8. The zero-order valence-electron chi connectivity index (χ0n) is 10.00. The molecule has 3 nitrogen and oxygen atoms in total. The monoisotopic (exact) mass is 243 g/mol. The fourth-order valence-corrected chi connectivity index (χ4v) is 1.33. The summed E-state index contributed by atoms with van der Waals surface area (Å²) in [5.74, 6) is 0. The van der Waals surface area contributed by atoms with Crippen molar-refractivity contribution in [3.05, 3.63) is 29.0 Å². The van der Waals surface area contributed by atoms with Gasteiger partial charge < -0.3 is 9.47 Å². The number of halogens is 1. The van der Waals surface area contributed by atoms with E-state index in [2.05, 4.69) is 4.98 Å². The maximum atomic E-state index is 5.75. The second kappa shape index (κ2) is 6.18. The third-order valence-corrected chi connectivity index (χ3v) is 2.03. The molecule has 0 saturated carbocycles. The van der Waals surface area contributed by atoms with Crippen molar-refractivity contribution in [2.45, 2.75) is 33.0 Å². The van der Waals surface area contributed by atoms with E-state index >= 15 is 0 Å². The van der Waals surface area contributed by atoms with Crippen molar-refractivity contribution in [2.75, 3.05) is 13.2 Å². The highest BCUT2D eigenvalue weighted by Gasteiger charge is 2.08. The number of aromatic nitrogens is 1. The molecule has 0 aliphatic heterocycles. The average Bonchev–Trinajstić information content (AvgIpc) is 2.15. The summed E-state index contributed by atoms with van der Waals surface area (Å²) in [4.78, 5) is 3.90. The molecule has 90 valence electrons. The molecule has 1 aromatic heterocycles. The third kappa shape index (κ3) is 6.05. The van der Waals surface area contributed by atoms with Crippen LogP contribution in [0.2, 0.25) is 5.15 Å². The van der Waals surface area contributed by atoms with E-state index in [1.165, 1.54) is 0 Å². The van der Waals surface area contributed by atoms with Crippen molar-refractivity contribution >= 4 is 11.6 Å². The van der Waals surface area contributed by atoms with Crippen LogP contribution >= 0.6 is 11.6 Å². The summed E-state index contributed by atoms with van der Waals surface area (Å²) < 4.78 is 11.0. The molecule has 0 fully saturated rings. The molecule has 16 heavy (non-hydrogen) atoms. The van der Waals surface area contributed by atoms with Gasteiger partial charge >= 0.3 is 0 Å². The van der Waals surface area contributed by atoms with Gasteiger partial charge in [-0.05, 0) is 38.5 Å². The molecule has 1 aromatic rings. The predicted molar refractivity (Wildman–Crippen MR) is 64.6 cm³/mol. The van der Waals surface area contributed by atoms with Crippen LogP contribution < -0.4 is 0 Å². The Morgan fingerprint density at radius 2 is 2.06 bits per heavy atom. The molecule has 0 bridgehead atoms. The third-order valence-electron chi connectivity index (χ3n) is 1.82. The van der Waals surface area contributed by atoms with Gasteiger partial charge in [-0.25, -0.2) is 4.98 Å². The van der Waals surface area contributed by atoms with Crippen LogP contribution in [0.5, 0.6) is 0 Å². The van der Waals surface area contributed by atoms with Crippen molar-refractivity contribution in [3.63, 3.8) is 0 Å². The van der Waals surface area contributed by atoms with Gasteiger partial charge in [0.2, 0.25) is 0 Å². The topological polar surface area (TPSA) is 31.4 Å². The molecule has 0 spiro atoms. The second-order valence-electron chi connectivity index (χ2n) is 4.50. The summed E-state index contributed by atoms with van der Waals surface area (Å²) in [5.41, 5.74) is 0.916. The van der Waals surface area contributed by atoms with E-state index < -0.39 is 0 Å². The van der Waals surface area contributed by atoms with Crippen molar-refractivity contribution in [3.8, 4) is 0 Å². The Morgan fingerprint density at radius 3 is 2.69 bits per heavy atom. The second-order valence-corrected chi connectivity index (χ2v) is 4.89. The largest absolute Gasteiger partial charge is 0.374 e. The average molecular weight is 244 g/mol. The van der Waals surface area contributed by atoms with Gasteiger partial charge in [-0.1, -0.05) is 11.6 Å². The van der Waals surface area contributed by atoms with Gasteiger partial charge in [0.1, 0.15) is 5.15 Å². The summed E-state index contributed by atoms with van der Waals surface area (Å²) in [7, 11) is 0. The molecule has 0 atom stereocenters. The van der Waals surface area contributed by atoms with Crippen LogP contribution in [-0.4, -0.2) is 23.8 Å². The Bertz CT molecular complexity index is 323. The summed E-state index contributed by atoms with van der Waals surface area (Å²) in [6.07, 6.45) is 1.67. The first kappa shape index (κ1) is 13.4. The van der Waals surface area contributed by atoms with Crippen molar-refractivity contribution in [1.82, 2.24) is 4.98 Å². The minimum absolute atomic E-state index is 0.108. The zero-order valence-corrected chi connectivity index (χ0v) is 10.8. The molecule has 0 radical (unpaired) electrons. The van der Waals surface area contributed by atoms with Crippen LogP contribution in [-0.2, 0) is 16.1 Å². The maximum absolute atomic E-state index is 5.75. The smallest absolute Gasteiger partial charge is 0.129 e. The number of pyridine rings is 1. The van der Waals surface area contributed by atoms with Crippen LogP contribution in [0.15, 0.2) is 18.3 Å². The first-order valence-electron chi connectivity index (χ1n) is 5.29. The molecule has 4 heteroatoms. The van der Waals surface area contributed by atoms with Crippen LogP contribution in [0, 0.1) is 0 Å². The summed E-state index contributed by atoms with van der Waals surface area (Å²) in [6, 6.07) is 3.68. The Balaban J connectivity index is 2.17. The van der Waals surface area contributed by atoms with Crippen molar-refractivity contribution in [1.29, 1.82) is 0 Å². The van der Waals surface area contributed by atoms with Gasteiger partial charge in [-0.2, -0.15) is 0 Å². The highest BCUT2D eigenvalue weighted by molar-refractivity contribution is 6.29. The number of ether oxygens (including phenoxy) is 2. The fourth-order valence-electron chi connectivity index (χ4n) is 1.13. The van der Waals surface area contributed by atoms with Crippen LogP contribution in [0.25, 0.3) is 0 Å². The predicted octanol–water partition coefficient (Wildman–Crippen LogP) is 3.07. The number of nitrogens with zero attached hydrogens (tertiary/aromatic N) is 1. The lowest BCUT2D eigenvalue weighted by Gasteiger charge is -2.19. The molecule has 0 aliphatic carbocycles. The Kier molecular flexibility index (Phi) is 5.19. The Labute approximate surface area is 102 Å². The molecular weight excluding hydrogens is 226 g/mol. The molecule has 0 saturated heterocycles. The molecule has 0 amide bonds. The first-order chi connectivity index (χ1) is 7.47. The molecular formula is C12H18ClNO2. The summed E-state index contributed by atoms with van der Waals surface area (Å²) >= 11 is 5.75. The van der Waals surface area contributed by atoms with Gasteiger partial charge in [0.05, 0.1) is 25.4 Å².